The molecule has 3 nitrogen and oxygen atoms in total. The number of Topliss-reactive ketones (excluding diaryl/α,β-unsaturated/α-hetero) is 1. The van der Waals surface area contributed by atoms with E-state index in [0.717, 1.165) is 5.75 Å². The summed E-state index contributed by atoms with van der Waals surface area (Å²) in [6, 6.07) is 5.32. The van der Waals surface area contributed by atoms with Crippen molar-refractivity contribution in [3.05, 3.63) is 23.8 Å². The molecule has 4 heteroatoms. The van der Waals surface area contributed by atoms with Crippen LogP contribution in [-0.4, -0.2) is 26.8 Å². The van der Waals surface area contributed by atoms with E-state index in [1.807, 2.05) is 7.85 Å². The highest BCUT2D eigenvalue weighted by atomic mass is 16.6. The normalized spacial score (nSPS) is 13.7. The van der Waals surface area contributed by atoms with Crippen molar-refractivity contribution in [2.75, 3.05) is 13.2 Å². The number of ketones is 1. The van der Waals surface area contributed by atoms with Crippen LogP contribution < -0.4 is 9.47 Å². The fourth-order valence-electron chi connectivity index (χ4n) is 1.42. The number of benzene rings is 1. The summed E-state index contributed by atoms with van der Waals surface area (Å²) < 4.78 is 10.7. The summed E-state index contributed by atoms with van der Waals surface area (Å²) in [6.07, 6.45) is 0.514. The number of carbonyl (C=O) groups excluding carboxylic acids is 1. The van der Waals surface area contributed by atoms with Crippen LogP contribution in [-0.2, 0) is 0 Å². The maximum Gasteiger partial charge on any atom is 0.162 e. The molecule has 0 aliphatic carbocycles. The first-order valence-corrected chi connectivity index (χ1v) is 4.74. The van der Waals surface area contributed by atoms with Crippen LogP contribution >= 0.6 is 0 Å². The molecule has 1 heterocycles. The molecule has 0 amide bonds. The van der Waals surface area contributed by atoms with Gasteiger partial charge in [-0.2, -0.15) is 0 Å². The number of ether oxygens (including phenoxy) is 2. The predicted molar refractivity (Wildman–Crippen MR) is 55.1 cm³/mol. The quantitative estimate of drug-likeness (QED) is 0.508. The highest BCUT2D eigenvalue weighted by Crippen LogP contribution is 2.30. The van der Waals surface area contributed by atoms with Crippen LogP contribution in [0.1, 0.15) is 10.4 Å². The highest BCUT2D eigenvalue weighted by molar-refractivity contribution is 6.24. The van der Waals surface area contributed by atoms with Gasteiger partial charge in [0.2, 0.25) is 0 Å². The molecule has 1 aromatic carbocycles. The number of fused-ring (bicyclic) bond motifs is 1. The summed E-state index contributed by atoms with van der Waals surface area (Å²) in [5, 5.41) is 0. The Morgan fingerprint density at radius 2 is 2.00 bits per heavy atom. The fraction of sp³-hybridized carbons (Fsp3) is 0.300. The summed E-state index contributed by atoms with van der Waals surface area (Å²) in [5.74, 6) is 1.53. The monoisotopic (exact) mass is 190 g/mol. The lowest BCUT2D eigenvalue weighted by atomic mass is 9.96. The van der Waals surface area contributed by atoms with Crippen LogP contribution in [0.2, 0.25) is 6.32 Å². The van der Waals surface area contributed by atoms with Gasteiger partial charge in [-0.05, 0) is 24.5 Å². The minimum atomic E-state index is 0.127. The van der Waals surface area contributed by atoms with Gasteiger partial charge in [0, 0.05) is 5.56 Å². The van der Waals surface area contributed by atoms with Crippen LogP contribution in [0.25, 0.3) is 0 Å². The van der Waals surface area contributed by atoms with Crippen LogP contribution in [0.3, 0.4) is 0 Å². The molecule has 0 N–H and O–H groups in total. The van der Waals surface area contributed by atoms with Crippen LogP contribution in [0.4, 0.5) is 0 Å². The van der Waals surface area contributed by atoms with Gasteiger partial charge in [-0.1, -0.05) is 0 Å². The van der Waals surface area contributed by atoms with Gasteiger partial charge in [-0.25, -0.2) is 0 Å². The number of carbonyl (C=O) groups is 1. The topological polar surface area (TPSA) is 35.5 Å². The van der Waals surface area contributed by atoms with Crippen molar-refractivity contribution in [3.63, 3.8) is 0 Å². The van der Waals surface area contributed by atoms with Gasteiger partial charge in [0.1, 0.15) is 21.1 Å². The van der Waals surface area contributed by atoms with Gasteiger partial charge in [0.25, 0.3) is 0 Å². The molecule has 0 aromatic heterocycles. The summed E-state index contributed by atoms with van der Waals surface area (Å²) >= 11 is 0. The zero-order chi connectivity index (χ0) is 9.97. The molecule has 0 saturated heterocycles. The maximum absolute atomic E-state index is 11.4. The summed E-state index contributed by atoms with van der Waals surface area (Å²) in [4.78, 5) is 11.4. The molecule has 2 rings (SSSR count). The Morgan fingerprint density at radius 1 is 1.29 bits per heavy atom. The molecule has 0 radical (unpaired) electrons. The van der Waals surface area contributed by atoms with E-state index in [1.54, 1.807) is 18.2 Å². The average molecular weight is 190 g/mol. The Morgan fingerprint density at radius 3 is 2.71 bits per heavy atom. The van der Waals surface area contributed by atoms with Gasteiger partial charge in [-0.15, -0.1) is 0 Å². The van der Waals surface area contributed by atoms with Gasteiger partial charge in [0.15, 0.2) is 17.3 Å². The number of rotatable bonds is 2. The molecule has 0 fully saturated rings. The third kappa shape index (κ3) is 1.60. The summed E-state index contributed by atoms with van der Waals surface area (Å²) in [7, 11) is 1.85. The molecule has 1 aliphatic rings. The second-order valence-electron chi connectivity index (χ2n) is 3.14. The largest absolute Gasteiger partial charge is 0.486 e. The smallest absolute Gasteiger partial charge is 0.162 e. The molecular weight excluding hydrogens is 179 g/mol. The van der Waals surface area contributed by atoms with Crippen molar-refractivity contribution >= 4 is 13.6 Å². The molecule has 1 aromatic rings. The predicted octanol–water partition coefficient (Wildman–Crippen LogP) is 0.692. The van der Waals surface area contributed by atoms with Crippen molar-refractivity contribution in [1.82, 2.24) is 0 Å². The van der Waals surface area contributed by atoms with Crippen molar-refractivity contribution < 1.29 is 14.3 Å². The van der Waals surface area contributed by atoms with E-state index >= 15 is 0 Å². The molecule has 72 valence electrons. The van der Waals surface area contributed by atoms with Crippen molar-refractivity contribution in [1.29, 1.82) is 0 Å². The van der Waals surface area contributed by atoms with Crippen molar-refractivity contribution in [3.8, 4) is 11.5 Å². The molecular formula is C10H11BO3. The van der Waals surface area contributed by atoms with Gasteiger partial charge in [-0.3, -0.25) is 4.79 Å². The lowest BCUT2D eigenvalue weighted by Gasteiger charge is -2.18. The average Bonchev–Trinajstić information content (AvgIpc) is 2.27. The summed E-state index contributed by atoms with van der Waals surface area (Å²) in [5.41, 5.74) is 0.691. The Balaban J connectivity index is 2.33. The van der Waals surface area contributed by atoms with Gasteiger partial charge >= 0.3 is 0 Å². The second kappa shape index (κ2) is 3.74. The third-order valence-corrected chi connectivity index (χ3v) is 2.19. The van der Waals surface area contributed by atoms with Crippen molar-refractivity contribution in [2.24, 2.45) is 0 Å². The first-order valence-electron chi connectivity index (χ1n) is 4.74. The zero-order valence-corrected chi connectivity index (χ0v) is 8.08. The minimum Gasteiger partial charge on any atom is -0.486 e. The zero-order valence-electron chi connectivity index (χ0n) is 8.08. The molecule has 0 unspecified atom stereocenters. The van der Waals surface area contributed by atoms with Crippen LogP contribution in [0.15, 0.2) is 18.2 Å². The SMILES string of the molecule is BCC(=O)c1ccc2c(c1)OCCO2. The maximum atomic E-state index is 11.4. The van der Waals surface area contributed by atoms with E-state index < -0.39 is 0 Å². The Bertz CT molecular complexity index is 362. The Hall–Kier alpha value is -1.45. The molecule has 1 aliphatic heterocycles. The number of hydrogen-bond acceptors (Lipinski definition) is 3. The van der Waals surface area contributed by atoms with Crippen LogP contribution in [0.5, 0.6) is 11.5 Å². The van der Waals surface area contributed by atoms with Crippen molar-refractivity contribution in [2.45, 2.75) is 6.32 Å². The van der Waals surface area contributed by atoms with E-state index in [1.165, 1.54) is 0 Å². The Labute approximate surface area is 83.4 Å². The van der Waals surface area contributed by atoms with E-state index in [2.05, 4.69) is 0 Å². The fourth-order valence-corrected chi connectivity index (χ4v) is 1.42. The lowest BCUT2D eigenvalue weighted by molar-refractivity contribution is 0.101. The third-order valence-electron chi connectivity index (χ3n) is 2.19. The van der Waals surface area contributed by atoms with E-state index in [4.69, 9.17) is 9.47 Å². The molecule has 0 bridgehead atoms. The standard InChI is InChI=1S/C10H11BO3/c11-6-8(12)7-1-2-9-10(5-7)14-4-3-13-9/h1-2,5H,3-4,6,11H2. The van der Waals surface area contributed by atoms with Gasteiger partial charge in [0.05, 0.1) is 0 Å². The summed E-state index contributed by atoms with van der Waals surface area (Å²) in [6.45, 7) is 1.13. The van der Waals surface area contributed by atoms with Gasteiger partial charge < -0.3 is 9.47 Å². The number of hydrogen-bond donors (Lipinski definition) is 0. The van der Waals surface area contributed by atoms with E-state index in [0.29, 0.717) is 30.8 Å². The second-order valence-corrected chi connectivity index (χ2v) is 3.14. The molecule has 0 saturated carbocycles. The first kappa shape index (κ1) is 9.12. The lowest BCUT2D eigenvalue weighted by Crippen LogP contribution is -2.15. The first-order chi connectivity index (χ1) is 6.81. The molecule has 14 heavy (non-hydrogen) atoms. The van der Waals surface area contributed by atoms with Crippen LogP contribution in [0, 0.1) is 0 Å². The molecule has 0 atom stereocenters. The van der Waals surface area contributed by atoms with E-state index in [-0.39, 0.29) is 5.78 Å². The minimum absolute atomic E-state index is 0.127. The highest BCUT2D eigenvalue weighted by Gasteiger charge is 2.13. The molecule has 0 spiro atoms. The van der Waals surface area contributed by atoms with E-state index in [9.17, 15) is 4.79 Å². The Kier molecular flexibility index (Phi) is 2.44.